The molecule has 1 saturated heterocycles. The lowest BCUT2D eigenvalue weighted by molar-refractivity contribution is -0.121. The summed E-state index contributed by atoms with van der Waals surface area (Å²) in [6, 6.07) is 12.0. The van der Waals surface area contributed by atoms with E-state index in [1.165, 1.54) is 4.90 Å². The van der Waals surface area contributed by atoms with Gasteiger partial charge >= 0.3 is 0 Å². The summed E-state index contributed by atoms with van der Waals surface area (Å²) in [7, 11) is 0. The number of rotatable bonds is 4. The van der Waals surface area contributed by atoms with Gasteiger partial charge in [0.25, 0.3) is 5.91 Å². The summed E-state index contributed by atoms with van der Waals surface area (Å²) in [6.07, 6.45) is 0.137. The summed E-state index contributed by atoms with van der Waals surface area (Å²) in [5, 5.41) is 4.20. The molecule has 2 aromatic rings. The summed E-state index contributed by atoms with van der Waals surface area (Å²) >= 11 is 12.0. The third-order valence-electron chi connectivity index (χ3n) is 3.99. The Morgan fingerprint density at radius 2 is 1.83 bits per heavy atom. The van der Waals surface area contributed by atoms with Gasteiger partial charge in [-0.25, -0.2) is 4.90 Å². The number of hydrogen-bond donors (Lipinski definition) is 1. The van der Waals surface area contributed by atoms with E-state index >= 15 is 0 Å². The zero-order valence-electron chi connectivity index (χ0n) is 13.1. The average molecular weight is 363 g/mol. The van der Waals surface area contributed by atoms with E-state index in [4.69, 9.17) is 23.2 Å². The van der Waals surface area contributed by atoms with Gasteiger partial charge in [-0.2, -0.15) is 0 Å². The Balaban J connectivity index is 1.71. The smallest absolute Gasteiger partial charge is 0.251 e. The second-order valence-corrected chi connectivity index (χ2v) is 6.62. The van der Waals surface area contributed by atoms with E-state index in [1.54, 1.807) is 30.3 Å². The maximum Gasteiger partial charge on any atom is 0.251 e. The number of benzene rings is 2. The number of halogens is 2. The maximum atomic E-state index is 12.6. The minimum absolute atomic E-state index is 0.137. The molecule has 0 radical (unpaired) electrons. The molecular weight excluding hydrogens is 347 g/mol. The van der Waals surface area contributed by atoms with Gasteiger partial charge < -0.3 is 5.32 Å². The van der Waals surface area contributed by atoms with Crippen molar-refractivity contribution in [3.8, 4) is 0 Å². The van der Waals surface area contributed by atoms with Crippen molar-refractivity contribution >= 4 is 40.7 Å². The number of aryl methyl sites for hydroxylation is 1. The van der Waals surface area contributed by atoms with Crippen LogP contribution in [-0.2, 0) is 16.1 Å². The van der Waals surface area contributed by atoms with Gasteiger partial charge in [0.15, 0.2) is 0 Å². The molecule has 24 heavy (non-hydrogen) atoms. The number of imide groups is 1. The molecule has 1 fully saturated rings. The first-order valence-electron chi connectivity index (χ1n) is 7.56. The number of carbonyl (C=O) groups is 2. The van der Waals surface area contributed by atoms with E-state index in [0.717, 1.165) is 11.1 Å². The fraction of sp³-hybridized carbons (Fsp3) is 0.222. The molecule has 0 bridgehead atoms. The van der Waals surface area contributed by atoms with Crippen LogP contribution in [0.4, 0.5) is 5.69 Å². The Labute approximate surface area is 150 Å². The fourth-order valence-corrected chi connectivity index (χ4v) is 3.13. The Morgan fingerprint density at radius 3 is 2.50 bits per heavy atom. The third kappa shape index (κ3) is 3.46. The Hall–Kier alpha value is -1.88. The Morgan fingerprint density at radius 1 is 1.12 bits per heavy atom. The molecule has 1 unspecified atom stereocenters. The Bertz CT molecular complexity index is 790. The van der Waals surface area contributed by atoms with Crippen LogP contribution in [0.1, 0.15) is 17.5 Å². The normalized spacial score (nSPS) is 17.6. The maximum absolute atomic E-state index is 12.6. The van der Waals surface area contributed by atoms with Crippen LogP contribution in [0.3, 0.4) is 0 Å². The van der Waals surface area contributed by atoms with Crippen LogP contribution >= 0.6 is 23.2 Å². The van der Waals surface area contributed by atoms with Crippen LogP contribution in [0.2, 0.25) is 10.0 Å². The lowest BCUT2D eigenvalue weighted by Crippen LogP contribution is -2.38. The molecule has 4 nitrogen and oxygen atoms in total. The number of anilines is 1. The minimum atomic E-state index is -0.550. The van der Waals surface area contributed by atoms with Gasteiger partial charge in [0.2, 0.25) is 5.91 Å². The van der Waals surface area contributed by atoms with Crippen LogP contribution in [0.25, 0.3) is 0 Å². The highest BCUT2D eigenvalue weighted by Crippen LogP contribution is 2.25. The molecule has 124 valence electrons. The minimum Gasteiger partial charge on any atom is -0.301 e. The van der Waals surface area contributed by atoms with Gasteiger partial charge in [-0.15, -0.1) is 0 Å². The molecular formula is C18H16Cl2N2O2. The molecule has 0 aromatic heterocycles. The molecule has 1 N–H and O–H groups in total. The van der Waals surface area contributed by atoms with Crippen molar-refractivity contribution in [3.63, 3.8) is 0 Å². The summed E-state index contributed by atoms with van der Waals surface area (Å²) in [5.74, 6) is -0.447. The predicted octanol–water partition coefficient (Wildman–Crippen LogP) is 3.72. The van der Waals surface area contributed by atoms with E-state index in [0.29, 0.717) is 22.3 Å². The van der Waals surface area contributed by atoms with Crippen LogP contribution in [-0.4, -0.2) is 17.9 Å². The van der Waals surface area contributed by atoms with Gasteiger partial charge in [0.05, 0.1) is 18.2 Å². The van der Waals surface area contributed by atoms with E-state index < -0.39 is 6.04 Å². The molecule has 1 atom stereocenters. The third-order valence-corrected chi connectivity index (χ3v) is 4.58. The van der Waals surface area contributed by atoms with Gasteiger partial charge in [-0.1, -0.05) is 47.0 Å². The summed E-state index contributed by atoms with van der Waals surface area (Å²) in [4.78, 5) is 26.0. The van der Waals surface area contributed by atoms with Gasteiger partial charge in [0, 0.05) is 16.6 Å². The first kappa shape index (κ1) is 17.0. The summed E-state index contributed by atoms with van der Waals surface area (Å²) in [6.45, 7) is 2.35. The highest BCUT2D eigenvalue weighted by molar-refractivity contribution is 6.35. The molecule has 0 spiro atoms. The lowest BCUT2D eigenvalue weighted by atomic mass is 10.2. The van der Waals surface area contributed by atoms with Crippen LogP contribution in [0.5, 0.6) is 0 Å². The monoisotopic (exact) mass is 362 g/mol. The lowest BCUT2D eigenvalue weighted by Gasteiger charge is -2.16. The number of nitrogens with one attached hydrogen (secondary N) is 1. The van der Waals surface area contributed by atoms with Crippen molar-refractivity contribution in [2.45, 2.75) is 25.9 Å². The zero-order valence-corrected chi connectivity index (χ0v) is 14.6. The topological polar surface area (TPSA) is 49.4 Å². The van der Waals surface area contributed by atoms with Crippen molar-refractivity contribution in [3.05, 3.63) is 63.6 Å². The largest absolute Gasteiger partial charge is 0.301 e. The first-order valence-corrected chi connectivity index (χ1v) is 8.32. The molecule has 1 aliphatic rings. The SMILES string of the molecule is Cc1ccc(N2C(=O)CC(NCc3ccc(Cl)cc3Cl)C2=O)cc1. The number of nitrogens with zero attached hydrogens (tertiary/aromatic N) is 1. The number of carbonyl (C=O) groups excluding carboxylic acids is 2. The van der Waals surface area contributed by atoms with Gasteiger partial charge in [-0.05, 0) is 36.8 Å². The van der Waals surface area contributed by atoms with Crippen LogP contribution in [0, 0.1) is 6.92 Å². The van der Waals surface area contributed by atoms with Gasteiger partial charge in [0.1, 0.15) is 0 Å². The molecule has 2 aromatic carbocycles. The molecule has 0 aliphatic carbocycles. The zero-order chi connectivity index (χ0) is 17.3. The molecule has 6 heteroatoms. The molecule has 3 rings (SSSR count). The van der Waals surface area contributed by atoms with Crippen molar-refractivity contribution < 1.29 is 9.59 Å². The highest BCUT2D eigenvalue weighted by atomic mass is 35.5. The highest BCUT2D eigenvalue weighted by Gasteiger charge is 2.39. The number of hydrogen-bond acceptors (Lipinski definition) is 3. The summed E-state index contributed by atoms with van der Waals surface area (Å²) < 4.78 is 0. The van der Waals surface area contributed by atoms with Crippen LogP contribution in [0.15, 0.2) is 42.5 Å². The Kier molecular flexibility index (Phi) is 4.90. The quantitative estimate of drug-likeness (QED) is 0.843. The standard InChI is InChI=1S/C18H16Cl2N2O2/c1-11-2-6-14(7-3-11)22-17(23)9-16(18(22)24)21-10-12-4-5-13(19)8-15(12)20/h2-8,16,21H,9-10H2,1H3. The van der Waals surface area contributed by atoms with Crippen LogP contribution < -0.4 is 10.2 Å². The van der Waals surface area contributed by atoms with E-state index in [2.05, 4.69) is 5.32 Å². The second kappa shape index (κ2) is 6.93. The average Bonchev–Trinajstić information content (AvgIpc) is 2.82. The molecule has 2 amide bonds. The van der Waals surface area contributed by atoms with E-state index in [1.807, 2.05) is 19.1 Å². The number of amides is 2. The van der Waals surface area contributed by atoms with Crippen molar-refractivity contribution in [1.82, 2.24) is 5.32 Å². The second-order valence-electron chi connectivity index (χ2n) is 5.78. The molecule has 0 saturated carbocycles. The van der Waals surface area contributed by atoms with Crippen molar-refractivity contribution in [2.75, 3.05) is 4.90 Å². The van der Waals surface area contributed by atoms with Gasteiger partial charge in [-0.3, -0.25) is 9.59 Å². The van der Waals surface area contributed by atoms with E-state index in [9.17, 15) is 9.59 Å². The predicted molar refractivity (Wildman–Crippen MR) is 95.4 cm³/mol. The van der Waals surface area contributed by atoms with Crippen molar-refractivity contribution in [1.29, 1.82) is 0 Å². The van der Waals surface area contributed by atoms with Crippen molar-refractivity contribution in [2.24, 2.45) is 0 Å². The van der Waals surface area contributed by atoms with E-state index in [-0.39, 0.29) is 18.2 Å². The molecule has 1 heterocycles. The summed E-state index contributed by atoms with van der Waals surface area (Å²) in [5.41, 5.74) is 2.50. The first-order chi connectivity index (χ1) is 11.5. The molecule has 1 aliphatic heterocycles. The fourth-order valence-electron chi connectivity index (χ4n) is 2.65.